The minimum atomic E-state index is -4.60. The number of rotatable bonds is 11. The van der Waals surface area contributed by atoms with Crippen LogP contribution in [0.15, 0.2) is 46.1 Å². The molecule has 0 bridgehead atoms. The second kappa shape index (κ2) is 11.9. The number of carbonyl (C=O) groups excluding carboxylic acids is 1. The molecule has 4 rings (SSSR count). The van der Waals surface area contributed by atoms with Crippen LogP contribution in [-0.4, -0.2) is 37.4 Å². The Hall–Kier alpha value is -1.89. The molecule has 1 heterocycles. The normalized spacial score (nSPS) is 15.1. The topological polar surface area (TPSA) is 70.2 Å². The van der Waals surface area contributed by atoms with Gasteiger partial charge in [-0.25, -0.2) is 0 Å². The van der Waals surface area contributed by atoms with Gasteiger partial charge in [-0.15, -0.1) is 0 Å². The molecule has 0 saturated heterocycles. The van der Waals surface area contributed by atoms with Gasteiger partial charge in [0.05, 0.1) is 0 Å². The van der Waals surface area contributed by atoms with Crippen LogP contribution in [0.4, 0.5) is 13.2 Å². The Morgan fingerprint density at radius 1 is 1.24 bits per heavy atom. The summed E-state index contributed by atoms with van der Waals surface area (Å²) in [6.07, 6.45) is 0.924. The Bertz CT molecular complexity index is 1360. The summed E-state index contributed by atoms with van der Waals surface area (Å²) < 4.78 is 41.3. The average Bonchev–Trinajstić information content (AvgIpc) is 3.66. The molecule has 0 aliphatic heterocycles. The van der Waals surface area contributed by atoms with Gasteiger partial charge < -0.3 is 0 Å². The standard InChI is InChI=1S/C27H28AsClF3NO3S/c1-2-17(11-15-3-4-15)28-10-9-19(34)14-37-25-24(21-13-18(29)6-8-23(21)35)20-12-16(27(30,31)32)5-7-22(20)33-26(25)36/h5-8,12-13,15,17,28,35H,2-4,9-11,14H2,1H3,(H,33,36). The van der Waals surface area contributed by atoms with Crippen molar-refractivity contribution in [1.82, 2.24) is 4.98 Å². The van der Waals surface area contributed by atoms with Crippen LogP contribution in [0.2, 0.25) is 14.9 Å². The molecule has 198 valence electrons. The van der Waals surface area contributed by atoms with Crippen LogP contribution in [0.1, 0.15) is 44.6 Å². The molecule has 2 atom stereocenters. The molecule has 1 saturated carbocycles. The third kappa shape index (κ3) is 7.15. The first-order valence-electron chi connectivity index (χ1n) is 12.2. The van der Waals surface area contributed by atoms with E-state index >= 15 is 0 Å². The average molecular weight is 614 g/mol. The Labute approximate surface area is 229 Å². The van der Waals surface area contributed by atoms with Gasteiger partial charge in [-0.2, -0.15) is 0 Å². The molecule has 2 unspecified atom stereocenters. The van der Waals surface area contributed by atoms with Crippen molar-refractivity contribution in [3.05, 3.63) is 57.3 Å². The Morgan fingerprint density at radius 2 is 2.00 bits per heavy atom. The summed E-state index contributed by atoms with van der Waals surface area (Å²) in [5, 5.41) is 11.8. The molecule has 0 radical (unpaired) electrons. The van der Waals surface area contributed by atoms with Gasteiger partial charge in [-0.05, 0) is 0 Å². The van der Waals surface area contributed by atoms with Gasteiger partial charge >= 0.3 is 230 Å². The minimum absolute atomic E-state index is 0.000157. The molecule has 37 heavy (non-hydrogen) atoms. The Morgan fingerprint density at radius 3 is 2.68 bits per heavy atom. The van der Waals surface area contributed by atoms with Crippen molar-refractivity contribution < 1.29 is 23.1 Å². The number of alkyl halides is 3. The predicted octanol–water partition coefficient (Wildman–Crippen LogP) is 7.48. The van der Waals surface area contributed by atoms with E-state index in [0.29, 0.717) is 6.42 Å². The molecule has 10 heteroatoms. The monoisotopic (exact) mass is 613 g/mol. The fourth-order valence-electron chi connectivity index (χ4n) is 4.36. The summed E-state index contributed by atoms with van der Waals surface area (Å²) in [6, 6.07) is 7.22. The summed E-state index contributed by atoms with van der Waals surface area (Å²) in [5.74, 6) is 0.667. The molecule has 0 spiro atoms. The van der Waals surface area contributed by atoms with Crippen molar-refractivity contribution in [2.75, 3.05) is 5.75 Å². The number of aromatic amines is 1. The summed E-state index contributed by atoms with van der Waals surface area (Å²) in [6.45, 7) is 2.21. The first kappa shape index (κ1) is 28.1. The third-order valence-electron chi connectivity index (χ3n) is 6.55. The number of aromatic hydroxyl groups is 1. The van der Waals surface area contributed by atoms with Crippen LogP contribution in [0.25, 0.3) is 22.0 Å². The molecule has 1 fully saturated rings. The van der Waals surface area contributed by atoms with Crippen molar-refractivity contribution in [3.8, 4) is 16.9 Å². The van der Waals surface area contributed by atoms with Crippen LogP contribution in [-0.2, 0) is 11.0 Å². The fourth-order valence-corrected chi connectivity index (χ4v) is 8.92. The summed E-state index contributed by atoms with van der Waals surface area (Å²) in [4.78, 5) is 28.5. The van der Waals surface area contributed by atoms with E-state index in [9.17, 15) is 27.9 Å². The van der Waals surface area contributed by atoms with Gasteiger partial charge in [0.15, 0.2) is 0 Å². The van der Waals surface area contributed by atoms with E-state index in [2.05, 4.69) is 11.9 Å². The van der Waals surface area contributed by atoms with E-state index < -0.39 is 17.3 Å². The number of ketones is 1. The quantitative estimate of drug-likeness (QED) is 0.174. The number of halogens is 4. The molecule has 2 N–H and O–H groups in total. The molecule has 3 aromatic rings. The zero-order valence-corrected chi connectivity index (χ0v) is 23.9. The third-order valence-corrected chi connectivity index (χ3v) is 11.6. The van der Waals surface area contributed by atoms with Crippen molar-refractivity contribution in [1.29, 1.82) is 0 Å². The maximum atomic E-state index is 13.5. The van der Waals surface area contributed by atoms with Crippen molar-refractivity contribution in [2.45, 2.75) is 60.0 Å². The fraction of sp³-hybridized carbons (Fsp3) is 0.407. The van der Waals surface area contributed by atoms with Crippen molar-refractivity contribution in [3.63, 3.8) is 0 Å². The summed E-state index contributed by atoms with van der Waals surface area (Å²) >= 11 is 6.90. The number of phenols is 1. The molecule has 4 nitrogen and oxygen atoms in total. The molecular formula is C27H28AsClF3NO3S. The number of nitrogens with one attached hydrogen (secondary N) is 1. The Kier molecular flexibility index (Phi) is 9.03. The number of H-pyrrole nitrogens is 1. The van der Waals surface area contributed by atoms with Crippen LogP contribution in [0, 0.1) is 5.92 Å². The number of thioether (sulfide) groups is 1. The number of carbonyl (C=O) groups is 1. The second-order valence-electron chi connectivity index (χ2n) is 9.39. The molecule has 1 aromatic heterocycles. The molecule has 0 amide bonds. The number of phenolic OH excluding ortho intramolecular Hbond substituents is 1. The number of hydrogen-bond acceptors (Lipinski definition) is 4. The van der Waals surface area contributed by atoms with Crippen LogP contribution < -0.4 is 5.56 Å². The predicted molar refractivity (Wildman–Crippen MR) is 145 cm³/mol. The van der Waals surface area contributed by atoms with Gasteiger partial charge in [0, 0.05) is 0 Å². The van der Waals surface area contributed by atoms with Crippen LogP contribution in [0.3, 0.4) is 0 Å². The maximum absolute atomic E-state index is 13.5. The summed E-state index contributed by atoms with van der Waals surface area (Å²) in [7, 11) is 0. The SMILES string of the molecule is CCC(CC1CC1)[AsH]CCC(=O)CSc1c(-c2cc(Cl)ccc2O)c2cc(C(F)(F)F)ccc2[nH]c1=O. The zero-order chi connectivity index (χ0) is 26.7. The van der Waals surface area contributed by atoms with Gasteiger partial charge in [0.25, 0.3) is 0 Å². The first-order valence-corrected chi connectivity index (χ1v) is 16.3. The Balaban J connectivity index is 1.63. The van der Waals surface area contributed by atoms with Crippen molar-refractivity contribution in [2.24, 2.45) is 5.92 Å². The van der Waals surface area contributed by atoms with Gasteiger partial charge in [-0.1, -0.05) is 0 Å². The zero-order valence-electron chi connectivity index (χ0n) is 20.3. The van der Waals surface area contributed by atoms with Crippen LogP contribution in [0.5, 0.6) is 5.75 Å². The first-order chi connectivity index (χ1) is 17.6. The van der Waals surface area contributed by atoms with Gasteiger partial charge in [-0.3, -0.25) is 0 Å². The number of hydrogen-bond donors (Lipinski definition) is 2. The number of Topliss-reactive ketones (excluding diaryl/α,β-unsaturated/α-hetero) is 1. The number of fused-ring (bicyclic) bond motifs is 1. The number of pyridine rings is 1. The van der Waals surface area contributed by atoms with Gasteiger partial charge in [0.2, 0.25) is 0 Å². The molecular weight excluding hydrogens is 586 g/mol. The van der Waals surface area contributed by atoms with E-state index in [1.54, 1.807) is 0 Å². The van der Waals surface area contributed by atoms with E-state index in [1.807, 2.05) is 0 Å². The van der Waals surface area contributed by atoms with E-state index in [4.69, 9.17) is 11.6 Å². The number of aromatic nitrogens is 1. The summed E-state index contributed by atoms with van der Waals surface area (Å²) in [5.41, 5.74) is -0.969. The molecule has 2 aromatic carbocycles. The van der Waals surface area contributed by atoms with Crippen molar-refractivity contribution >= 4 is 55.8 Å². The molecule has 1 aliphatic carbocycles. The molecule has 1 aliphatic rings. The number of benzene rings is 2. The second-order valence-corrected chi connectivity index (χ2v) is 14.4. The van der Waals surface area contributed by atoms with Crippen LogP contribution >= 0.6 is 23.4 Å². The van der Waals surface area contributed by atoms with E-state index in [-0.39, 0.29) is 65.0 Å². The van der Waals surface area contributed by atoms with Gasteiger partial charge in [0.1, 0.15) is 0 Å². The van der Waals surface area contributed by atoms with E-state index in [0.717, 1.165) is 46.1 Å². The van der Waals surface area contributed by atoms with E-state index in [1.165, 1.54) is 43.5 Å².